The molecule has 1 saturated carbocycles. The summed E-state index contributed by atoms with van der Waals surface area (Å²) in [4.78, 5) is 10.6. The van der Waals surface area contributed by atoms with Crippen LogP contribution >= 0.6 is 0 Å². The summed E-state index contributed by atoms with van der Waals surface area (Å²) in [6.07, 6.45) is 9.34. The molecule has 3 aliphatic rings. The Labute approximate surface area is 118 Å². The standard InChI is InChI=1S/C16H20FN3/c1-2-14-15(17)16(19-9-18-14)20-12-5-6-13(20)8-11(7-12)10-3-4-10/h9,12-13H,2-8H2,1H3. The number of aromatic nitrogens is 2. The molecule has 3 nitrogen and oxygen atoms in total. The summed E-state index contributed by atoms with van der Waals surface area (Å²) in [6, 6.07) is 0.900. The zero-order chi connectivity index (χ0) is 13.7. The molecule has 2 saturated heterocycles. The van der Waals surface area contributed by atoms with Crippen molar-refractivity contribution >= 4 is 5.82 Å². The number of allylic oxidation sites excluding steroid dienone is 1. The Balaban J connectivity index is 1.69. The Morgan fingerprint density at radius 2 is 1.85 bits per heavy atom. The first kappa shape index (κ1) is 12.3. The predicted molar refractivity (Wildman–Crippen MR) is 76.2 cm³/mol. The minimum Gasteiger partial charge on any atom is -0.347 e. The molecule has 1 aliphatic carbocycles. The summed E-state index contributed by atoms with van der Waals surface area (Å²) >= 11 is 0. The normalized spacial score (nSPS) is 28.2. The van der Waals surface area contributed by atoms with E-state index in [9.17, 15) is 4.39 Å². The summed E-state index contributed by atoms with van der Waals surface area (Å²) in [5.41, 5.74) is 3.89. The van der Waals surface area contributed by atoms with Crippen molar-refractivity contribution in [2.75, 3.05) is 4.90 Å². The average molecular weight is 273 g/mol. The van der Waals surface area contributed by atoms with Gasteiger partial charge in [-0.05, 0) is 44.9 Å². The first-order chi connectivity index (χ1) is 9.78. The summed E-state index contributed by atoms with van der Waals surface area (Å²) in [6.45, 7) is 1.94. The molecular weight excluding hydrogens is 253 g/mol. The molecule has 2 atom stereocenters. The predicted octanol–water partition coefficient (Wildman–Crippen LogP) is 3.40. The van der Waals surface area contributed by atoms with E-state index in [0.29, 0.717) is 30.0 Å². The maximum absolute atomic E-state index is 14.5. The van der Waals surface area contributed by atoms with Gasteiger partial charge in [0.1, 0.15) is 6.33 Å². The third-order valence-electron chi connectivity index (χ3n) is 5.01. The van der Waals surface area contributed by atoms with Gasteiger partial charge in [0.25, 0.3) is 0 Å². The second-order valence-electron chi connectivity index (χ2n) is 6.22. The molecule has 20 heavy (non-hydrogen) atoms. The summed E-state index contributed by atoms with van der Waals surface area (Å²) < 4.78 is 14.5. The number of halogens is 1. The lowest BCUT2D eigenvalue weighted by Crippen LogP contribution is -2.42. The molecule has 3 fully saturated rings. The van der Waals surface area contributed by atoms with Crippen LogP contribution in [-0.4, -0.2) is 22.1 Å². The lowest BCUT2D eigenvalue weighted by atomic mass is 9.95. The van der Waals surface area contributed by atoms with Gasteiger partial charge in [-0.15, -0.1) is 0 Å². The van der Waals surface area contributed by atoms with E-state index in [-0.39, 0.29) is 5.82 Å². The highest BCUT2D eigenvalue weighted by atomic mass is 19.1. The van der Waals surface area contributed by atoms with Crippen molar-refractivity contribution in [2.45, 2.75) is 64.0 Å². The molecule has 2 unspecified atom stereocenters. The first-order valence-corrected chi connectivity index (χ1v) is 7.75. The molecule has 0 aromatic carbocycles. The molecule has 0 spiro atoms. The maximum Gasteiger partial charge on any atom is 0.187 e. The molecule has 2 aliphatic heterocycles. The van der Waals surface area contributed by atoms with E-state index in [1.54, 1.807) is 11.1 Å². The fourth-order valence-electron chi connectivity index (χ4n) is 3.89. The highest BCUT2D eigenvalue weighted by Gasteiger charge is 2.42. The minimum absolute atomic E-state index is 0.200. The number of hydrogen-bond acceptors (Lipinski definition) is 3. The van der Waals surface area contributed by atoms with Crippen LogP contribution in [0.5, 0.6) is 0 Å². The molecule has 4 heteroatoms. The summed E-state index contributed by atoms with van der Waals surface area (Å²) in [5.74, 6) is 0.346. The van der Waals surface area contributed by atoms with Crippen molar-refractivity contribution in [1.29, 1.82) is 0 Å². The van der Waals surface area contributed by atoms with Gasteiger partial charge in [-0.25, -0.2) is 14.4 Å². The van der Waals surface area contributed by atoms with Crippen LogP contribution in [0.2, 0.25) is 0 Å². The van der Waals surface area contributed by atoms with Gasteiger partial charge < -0.3 is 4.90 Å². The Kier molecular flexibility index (Phi) is 2.79. The van der Waals surface area contributed by atoms with Crippen molar-refractivity contribution in [1.82, 2.24) is 9.97 Å². The molecule has 106 valence electrons. The van der Waals surface area contributed by atoms with Crippen LogP contribution in [0.25, 0.3) is 0 Å². The molecule has 0 amide bonds. The summed E-state index contributed by atoms with van der Waals surface area (Å²) in [7, 11) is 0. The number of aryl methyl sites for hydroxylation is 1. The van der Waals surface area contributed by atoms with Gasteiger partial charge in [0.15, 0.2) is 11.6 Å². The SMILES string of the molecule is CCc1ncnc(N2C3CCC2CC(=C2CC2)C3)c1F. The zero-order valence-electron chi connectivity index (χ0n) is 11.9. The first-order valence-electron chi connectivity index (χ1n) is 7.75. The van der Waals surface area contributed by atoms with Crippen LogP contribution in [0.3, 0.4) is 0 Å². The smallest absolute Gasteiger partial charge is 0.187 e. The van der Waals surface area contributed by atoms with E-state index in [2.05, 4.69) is 14.9 Å². The number of nitrogens with zero attached hydrogens (tertiary/aromatic N) is 3. The summed E-state index contributed by atoms with van der Waals surface area (Å²) in [5, 5.41) is 0. The topological polar surface area (TPSA) is 29.0 Å². The monoisotopic (exact) mass is 273 g/mol. The third kappa shape index (κ3) is 1.85. The number of piperidine rings is 1. The van der Waals surface area contributed by atoms with Crippen molar-refractivity contribution in [3.8, 4) is 0 Å². The second-order valence-corrected chi connectivity index (χ2v) is 6.22. The number of anilines is 1. The highest BCUT2D eigenvalue weighted by molar-refractivity contribution is 5.48. The second kappa shape index (κ2) is 4.54. The van der Waals surface area contributed by atoms with Crippen LogP contribution in [0.15, 0.2) is 17.5 Å². The van der Waals surface area contributed by atoms with Gasteiger partial charge in [0.2, 0.25) is 0 Å². The van der Waals surface area contributed by atoms with Gasteiger partial charge in [-0.3, -0.25) is 0 Å². The van der Waals surface area contributed by atoms with Gasteiger partial charge in [0, 0.05) is 12.1 Å². The van der Waals surface area contributed by atoms with Crippen LogP contribution in [0.1, 0.15) is 51.1 Å². The average Bonchev–Trinajstić information content (AvgIpc) is 3.26. The molecule has 2 bridgehead atoms. The molecule has 4 rings (SSSR count). The number of fused-ring (bicyclic) bond motifs is 2. The maximum atomic E-state index is 14.5. The van der Waals surface area contributed by atoms with Gasteiger partial charge in [-0.2, -0.15) is 0 Å². The van der Waals surface area contributed by atoms with Crippen molar-refractivity contribution < 1.29 is 4.39 Å². The largest absolute Gasteiger partial charge is 0.347 e. The van der Waals surface area contributed by atoms with Crippen LogP contribution < -0.4 is 4.90 Å². The Hall–Kier alpha value is -1.45. The Bertz CT molecular complexity index is 559. The Morgan fingerprint density at radius 1 is 1.15 bits per heavy atom. The van der Waals surface area contributed by atoms with Crippen LogP contribution in [0.4, 0.5) is 10.2 Å². The zero-order valence-corrected chi connectivity index (χ0v) is 11.9. The molecule has 1 aromatic heterocycles. The third-order valence-corrected chi connectivity index (χ3v) is 5.01. The molecule has 1 aromatic rings. The van der Waals surface area contributed by atoms with E-state index in [4.69, 9.17) is 0 Å². The molecule has 0 radical (unpaired) electrons. The van der Waals surface area contributed by atoms with Crippen molar-refractivity contribution in [3.05, 3.63) is 29.0 Å². The van der Waals surface area contributed by atoms with E-state index < -0.39 is 0 Å². The number of hydrogen-bond donors (Lipinski definition) is 0. The van der Waals surface area contributed by atoms with Crippen molar-refractivity contribution in [3.63, 3.8) is 0 Å². The molecule has 0 N–H and O–H groups in total. The minimum atomic E-state index is -0.200. The lowest BCUT2D eigenvalue weighted by molar-refractivity contribution is 0.513. The fourth-order valence-corrected chi connectivity index (χ4v) is 3.89. The molecular formula is C16H20FN3. The number of rotatable bonds is 2. The fraction of sp³-hybridized carbons (Fsp3) is 0.625. The van der Waals surface area contributed by atoms with Gasteiger partial charge >= 0.3 is 0 Å². The molecule has 3 heterocycles. The van der Waals surface area contributed by atoms with E-state index in [0.717, 1.165) is 12.8 Å². The van der Waals surface area contributed by atoms with Gasteiger partial charge in [-0.1, -0.05) is 18.1 Å². The van der Waals surface area contributed by atoms with E-state index in [1.165, 1.54) is 32.0 Å². The van der Waals surface area contributed by atoms with Crippen molar-refractivity contribution in [2.24, 2.45) is 0 Å². The Morgan fingerprint density at radius 3 is 2.45 bits per heavy atom. The quantitative estimate of drug-likeness (QED) is 0.773. The van der Waals surface area contributed by atoms with E-state index in [1.807, 2.05) is 6.92 Å². The lowest BCUT2D eigenvalue weighted by Gasteiger charge is -2.37. The van der Waals surface area contributed by atoms with Crippen LogP contribution in [0, 0.1) is 5.82 Å². The van der Waals surface area contributed by atoms with Crippen LogP contribution in [-0.2, 0) is 6.42 Å². The van der Waals surface area contributed by atoms with E-state index >= 15 is 0 Å². The van der Waals surface area contributed by atoms with Gasteiger partial charge in [0.05, 0.1) is 5.69 Å². The highest BCUT2D eigenvalue weighted by Crippen LogP contribution is 2.46.